The second kappa shape index (κ2) is 6.31. The highest BCUT2D eigenvalue weighted by atomic mass is 16.5. The Morgan fingerprint density at radius 3 is 2.48 bits per heavy atom. The molecule has 0 radical (unpaired) electrons. The van der Waals surface area contributed by atoms with E-state index in [1.54, 1.807) is 7.11 Å². The lowest BCUT2D eigenvalue weighted by Gasteiger charge is -2.22. The molecular weight excluding hydrogens is 262 g/mol. The van der Waals surface area contributed by atoms with Crippen LogP contribution in [0.4, 0.5) is 0 Å². The Morgan fingerprint density at radius 1 is 1.24 bits per heavy atom. The van der Waals surface area contributed by atoms with E-state index in [-0.39, 0.29) is 6.04 Å². The molecule has 0 aliphatic rings. The molecule has 0 bridgehead atoms. The van der Waals surface area contributed by atoms with E-state index < -0.39 is 0 Å². The highest BCUT2D eigenvalue weighted by Gasteiger charge is 2.22. The summed E-state index contributed by atoms with van der Waals surface area (Å²) in [5.74, 6) is 0.962. The second-order valence-corrected chi connectivity index (χ2v) is 5.43. The smallest absolute Gasteiger partial charge is 0.127 e. The third-order valence-electron chi connectivity index (χ3n) is 4.21. The van der Waals surface area contributed by atoms with Crippen LogP contribution >= 0.6 is 0 Å². The van der Waals surface area contributed by atoms with Crippen LogP contribution in [0.25, 0.3) is 0 Å². The molecule has 0 fully saturated rings. The number of nitrogens with zero attached hydrogens (tertiary/aromatic N) is 2. The molecule has 4 heteroatoms. The van der Waals surface area contributed by atoms with Crippen molar-refractivity contribution in [3.8, 4) is 5.75 Å². The number of hydrogen-bond donors (Lipinski definition) is 1. The first-order valence-corrected chi connectivity index (χ1v) is 7.37. The average molecular weight is 287 g/mol. The average Bonchev–Trinajstić information content (AvgIpc) is 2.80. The molecule has 1 aromatic carbocycles. The van der Waals surface area contributed by atoms with Gasteiger partial charge in [0.2, 0.25) is 0 Å². The van der Waals surface area contributed by atoms with Gasteiger partial charge in [0.05, 0.1) is 19.3 Å². The van der Waals surface area contributed by atoms with Gasteiger partial charge in [-0.3, -0.25) is 4.68 Å². The first-order chi connectivity index (χ1) is 10.0. The van der Waals surface area contributed by atoms with Crippen LogP contribution in [0.2, 0.25) is 0 Å². The number of rotatable bonds is 5. The highest BCUT2D eigenvalue weighted by molar-refractivity contribution is 5.49. The Hall–Kier alpha value is -1.81. The largest absolute Gasteiger partial charge is 0.496 e. The maximum atomic E-state index is 5.69. The fourth-order valence-electron chi connectivity index (χ4n) is 2.70. The van der Waals surface area contributed by atoms with Gasteiger partial charge in [-0.15, -0.1) is 0 Å². The number of hydrogen-bond acceptors (Lipinski definition) is 3. The van der Waals surface area contributed by atoms with Crippen LogP contribution in [0.1, 0.15) is 40.9 Å². The first kappa shape index (κ1) is 15.6. The quantitative estimate of drug-likeness (QED) is 0.918. The molecule has 0 spiro atoms. The molecule has 1 atom stereocenters. The van der Waals surface area contributed by atoms with Crippen molar-refractivity contribution in [3.05, 3.63) is 46.3 Å². The molecule has 2 rings (SSSR count). The number of aryl methyl sites for hydroxylation is 2. The summed E-state index contributed by atoms with van der Waals surface area (Å²) in [6.07, 6.45) is 1.94. The van der Waals surface area contributed by atoms with E-state index in [0.717, 1.165) is 12.3 Å². The number of methoxy groups -OCH3 is 1. The van der Waals surface area contributed by atoms with Gasteiger partial charge in [-0.1, -0.05) is 19.1 Å². The van der Waals surface area contributed by atoms with E-state index in [0.29, 0.717) is 0 Å². The van der Waals surface area contributed by atoms with Crippen LogP contribution in [-0.2, 0) is 7.05 Å². The maximum absolute atomic E-state index is 5.69. The van der Waals surface area contributed by atoms with Crippen LogP contribution in [0, 0.1) is 20.8 Å². The van der Waals surface area contributed by atoms with Crippen molar-refractivity contribution >= 4 is 0 Å². The van der Waals surface area contributed by atoms with Gasteiger partial charge in [0.1, 0.15) is 5.75 Å². The fourth-order valence-corrected chi connectivity index (χ4v) is 2.70. The van der Waals surface area contributed by atoms with Crippen molar-refractivity contribution in [2.75, 3.05) is 13.7 Å². The third-order valence-corrected chi connectivity index (χ3v) is 4.21. The zero-order valence-electron chi connectivity index (χ0n) is 13.8. The fraction of sp³-hybridized carbons (Fsp3) is 0.471. The summed E-state index contributed by atoms with van der Waals surface area (Å²) in [4.78, 5) is 0. The minimum absolute atomic E-state index is 0.0953. The van der Waals surface area contributed by atoms with E-state index in [9.17, 15) is 0 Å². The predicted octanol–water partition coefficient (Wildman–Crippen LogP) is 3.05. The maximum Gasteiger partial charge on any atom is 0.127 e. The summed E-state index contributed by atoms with van der Waals surface area (Å²) < 4.78 is 7.60. The molecule has 1 unspecified atom stereocenters. The summed E-state index contributed by atoms with van der Waals surface area (Å²) in [5.41, 5.74) is 5.97. The van der Waals surface area contributed by atoms with Crippen molar-refractivity contribution in [2.24, 2.45) is 7.05 Å². The summed E-state index contributed by atoms with van der Waals surface area (Å²) in [6, 6.07) is 4.41. The number of nitrogens with one attached hydrogen (secondary N) is 1. The van der Waals surface area contributed by atoms with Crippen molar-refractivity contribution < 1.29 is 4.74 Å². The zero-order chi connectivity index (χ0) is 15.6. The van der Waals surface area contributed by atoms with Gasteiger partial charge in [-0.25, -0.2) is 0 Å². The van der Waals surface area contributed by atoms with Gasteiger partial charge < -0.3 is 10.1 Å². The van der Waals surface area contributed by atoms with Crippen LogP contribution in [0.3, 0.4) is 0 Å². The lowest BCUT2D eigenvalue weighted by molar-refractivity contribution is 0.400. The second-order valence-electron chi connectivity index (χ2n) is 5.43. The molecular formula is C17H25N3O. The molecule has 21 heavy (non-hydrogen) atoms. The monoisotopic (exact) mass is 287 g/mol. The SMILES string of the molecule is CCNC(c1ccc(C)c(C)c1OC)c1cnn(C)c1C. The predicted molar refractivity (Wildman–Crippen MR) is 85.9 cm³/mol. The number of ether oxygens (including phenoxy) is 1. The van der Waals surface area contributed by atoms with Crippen LogP contribution < -0.4 is 10.1 Å². The van der Waals surface area contributed by atoms with E-state index >= 15 is 0 Å². The summed E-state index contributed by atoms with van der Waals surface area (Å²) in [5, 5.41) is 7.93. The molecule has 1 aromatic heterocycles. The molecule has 1 N–H and O–H groups in total. The van der Waals surface area contributed by atoms with Gasteiger partial charge in [0.25, 0.3) is 0 Å². The van der Waals surface area contributed by atoms with Crippen LogP contribution in [0.5, 0.6) is 5.75 Å². The lowest BCUT2D eigenvalue weighted by atomic mass is 9.94. The molecule has 4 nitrogen and oxygen atoms in total. The minimum atomic E-state index is 0.0953. The molecule has 0 saturated carbocycles. The Balaban J connectivity index is 2.58. The zero-order valence-corrected chi connectivity index (χ0v) is 13.8. The standard InChI is InChI=1S/C17H25N3O/c1-7-18-16(15-10-19-20(5)13(15)4)14-9-8-11(2)12(3)17(14)21-6/h8-10,16,18H,7H2,1-6H3. The van der Waals surface area contributed by atoms with Crippen LogP contribution in [-0.4, -0.2) is 23.4 Å². The van der Waals surface area contributed by atoms with Gasteiger partial charge in [-0.2, -0.15) is 5.10 Å². The highest BCUT2D eigenvalue weighted by Crippen LogP contribution is 2.35. The Morgan fingerprint density at radius 2 is 1.95 bits per heavy atom. The van der Waals surface area contributed by atoms with Crippen molar-refractivity contribution in [1.29, 1.82) is 0 Å². The Kier molecular flexibility index (Phi) is 4.68. The van der Waals surface area contributed by atoms with Gasteiger partial charge in [-0.05, 0) is 38.4 Å². The minimum Gasteiger partial charge on any atom is -0.496 e. The normalized spacial score (nSPS) is 12.5. The van der Waals surface area contributed by atoms with Crippen molar-refractivity contribution in [3.63, 3.8) is 0 Å². The summed E-state index contributed by atoms with van der Waals surface area (Å²) >= 11 is 0. The molecule has 0 amide bonds. The molecule has 114 valence electrons. The third kappa shape index (κ3) is 2.81. The van der Waals surface area contributed by atoms with Crippen molar-refractivity contribution in [2.45, 2.75) is 33.7 Å². The van der Waals surface area contributed by atoms with Gasteiger partial charge in [0, 0.05) is 23.9 Å². The van der Waals surface area contributed by atoms with Crippen LogP contribution in [0.15, 0.2) is 18.3 Å². The molecule has 2 aromatic rings. The van der Waals surface area contributed by atoms with Gasteiger partial charge >= 0.3 is 0 Å². The number of benzene rings is 1. The molecule has 0 saturated heterocycles. The van der Waals surface area contributed by atoms with E-state index in [4.69, 9.17) is 4.74 Å². The Bertz CT molecular complexity index is 631. The first-order valence-electron chi connectivity index (χ1n) is 7.37. The lowest BCUT2D eigenvalue weighted by Crippen LogP contribution is -2.23. The summed E-state index contributed by atoms with van der Waals surface area (Å²) in [7, 11) is 3.71. The van der Waals surface area contributed by atoms with E-state index in [1.807, 2.05) is 17.9 Å². The molecule has 0 aliphatic carbocycles. The van der Waals surface area contributed by atoms with Gasteiger partial charge in [0.15, 0.2) is 0 Å². The summed E-state index contributed by atoms with van der Waals surface area (Å²) in [6.45, 7) is 9.32. The molecule has 0 aliphatic heterocycles. The Labute approximate surface area is 127 Å². The number of aromatic nitrogens is 2. The molecule has 1 heterocycles. The van der Waals surface area contributed by atoms with E-state index in [2.05, 4.69) is 50.2 Å². The van der Waals surface area contributed by atoms with Crippen molar-refractivity contribution in [1.82, 2.24) is 15.1 Å². The topological polar surface area (TPSA) is 39.1 Å². The van der Waals surface area contributed by atoms with E-state index in [1.165, 1.54) is 27.9 Å².